The number of aromatic nitrogens is 2. The molecule has 0 saturated carbocycles. The summed E-state index contributed by atoms with van der Waals surface area (Å²) in [5.74, 6) is 2.03. The minimum atomic E-state index is -0.404. The Morgan fingerprint density at radius 2 is 1.97 bits per heavy atom. The van der Waals surface area contributed by atoms with Crippen LogP contribution in [0.1, 0.15) is 25.0 Å². The van der Waals surface area contributed by atoms with Gasteiger partial charge < -0.3 is 14.4 Å². The molecular weight excluding hydrogens is 372 g/mol. The van der Waals surface area contributed by atoms with Crippen LogP contribution >= 0.6 is 0 Å². The molecule has 0 N–H and O–H groups in total. The van der Waals surface area contributed by atoms with Gasteiger partial charge in [-0.15, -0.1) is 0 Å². The average Bonchev–Trinajstić information content (AvgIpc) is 3.26. The minimum Gasteiger partial charge on any atom is -0.381 e. The lowest BCUT2D eigenvalue weighted by Gasteiger charge is -2.33. The summed E-state index contributed by atoms with van der Waals surface area (Å²) in [6.07, 6.45) is 3.35. The smallest absolute Gasteiger partial charge is 0.269 e. The molecule has 29 heavy (non-hydrogen) atoms. The van der Waals surface area contributed by atoms with E-state index in [-0.39, 0.29) is 5.69 Å². The molecule has 1 atom stereocenters. The monoisotopic (exact) mass is 398 g/mol. The highest BCUT2D eigenvalue weighted by Crippen LogP contribution is 2.25. The van der Waals surface area contributed by atoms with E-state index in [1.54, 1.807) is 12.1 Å². The summed E-state index contributed by atoms with van der Waals surface area (Å²) in [5.41, 5.74) is 1.72. The molecule has 0 aliphatic carbocycles. The van der Waals surface area contributed by atoms with E-state index in [1.807, 2.05) is 13.0 Å². The van der Waals surface area contributed by atoms with E-state index >= 15 is 0 Å². The first-order valence-electron chi connectivity index (χ1n) is 10.1. The molecule has 2 aliphatic rings. The number of benzene rings is 1. The second kappa shape index (κ2) is 8.84. The Hall–Kier alpha value is -2.58. The highest BCUT2D eigenvalue weighted by Gasteiger charge is 2.24. The maximum absolute atomic E-state index is 10.9. The van der Waals surface area contributed by atoms with Crippen molar-refractivity contribution in [2.45, 2.75) is 32.3 Å². The molecule has 0 amide bonds. The number of anilines is 1. The van der Waals surface area contributed by atoms with Gasteiger partial charge in [0.15, 0.2) is 5.82 Å². The second-order valence-corrected chi connectivity index (χ2v) is 7.74. The fraction of sp³-hybridized carbons (Fsp3) is 0.524. The van der Waals surface area contributed by atoms with Crippen molar-refractivity contribution in [1.82, 2.24) is 9.97 Å². The molecule has 1 unspecified atom stereocenters. The van der Waals surface area contributed by atoms with Gasteiger partial charge in [0.05, 0.1) is 24.2 Å². The van der Waals surface area contributed by atoms with Gasteiger partial charge in [-0.2, -0.15) is 0 Å². The molecule has 1 aromatic heterocycles. The third kappa shape index (κ3) is 4.89. The van der Waals surface area contributed by atoms with Gasteiger partial charge >= 0.3 is 0 Å². The van der Waals surface area contributed by atoms with Crippen LogP contribution in [-0.4, -0.2) is 53.9 Å². The number of aryl methyl sites for hydroxylation is 1. The largest absolute Gasteiger partial charge is 0.381 e. The Morgan fingerprint density at radius 3 is 2.62 bits per heavy atom. The number of hydrogen-bond donors (Lipinski definition) is 0. The van der Waals surface area contributed by atoms with Crippen molar-refractivity contribution < 1.29 is 14.4 Å². The number of nitrogens with zero attached hydrogens (tertiary/aromatic N) is 4. The van der Waals surface area contributed by atoms with Crippen molar-refractivity contribution in [3.8, 4) is 11.4 Å². The number of nitro groups is 1. The summed E-state index contributed by atoms with van der Waals surface area (Å²) in [7, 11) is 0. The Labute approximate surface area is 170 Å². The number of non-ortho nitro benzene ring substituents is 1. The molecule has 2 aromatic rings. The van der Waals surface area contributed by atoms with Gasteiger partial charge in [-0.05, 0) is 38.3 Å². The highest BCUT2D eigenvalue weighted by molar-refractivity contribution is 5.60. The van der Waals surface area contributed by atoms with Gasteiger partial charge in [-0.1, -0.05) is 0 Å². The Bertz CT molecular complexity index is 844. The van der Waals surface area contributed by atoms with Crippen LogP contribution in [0, 0.1) is 23.0 Å². The fourth-order valence-corrected chi connectivity index (χ4v) is 3.81. The molecule has 154 valence electrons. The minimum absolute atomic E-state index is 0.0628. The Balaban J connectivity index is 1.39. The van der Waals surface area contributed by atoms with Gasteiger partial charge in [-0.3, -0.25) is 10.1 Å². The van der Waals surface area contributed by atoms with Crippen molar-refractivity contribution in [2.24, 2.45) is 5.92 Å². The zero-order valence-corrected chi connectivity index (χ0v) is 16.6. The van der Waals surface area contributed by atoms with Gasteiger partial charge in [-0.25, -0.2) is 9.97 Å². The maximum Gasteiger partial charge on any atom is 0.269 e. The molecule has 8 nitrogen and oxygen atoms in total. The normalized spacial score (nSPS) is 20.2. The van der Waals surface area contributed by atoms with Crippen LogP contribution in [0.3, 0.4) is 0 Å². The number of rotatable bonds is 6. The van der Waals surface area contributed by atoms with E-state index in [0.29, 0.717) is 17.8 Å². The lowest BCUT2D eigenvalue weighted by Crippen LogP contribution is -2.38. The third-order valence-corrected chi connectivity index (χ3v) is 5.53. The third-order valence-electron chi connectivity index (χ3n) is 5.53. The zero-order chi connectivity index (χ0) is 20.2. The molecule has 3 heterocycles. The van der Waals surface area contributed by atoms with Crippen LogP contribution in [0.4, 0.5) is 11.5 Å². The molecule has 0 radical (unpaired) electrons. The van der Waals surface area contributed by atoms with E-state index < -0.39 is 4.92 Å². The van der Waals surface area contributed by atoms with E-state index in [4.69, 9.17) is 14.5 Å². The van der Waals surface area contributed by atoms with Crippen molar-refractivity contribution in [1.29, 1.82) is 0 Å². The quantitative estimate of drug-likeness (QED) is 0.544. The molecule has 8 heteroatoms. The molecule has 0 spiro atoms. The summed E-state index contributed by atoms with van der Waals surface area (Å²) in [5, 5.41) is 10.9. The first-order valence-corrected chi connectivity index (χ1v) is 10.1. The molecule has 4 rings (SSSR count). The van der Waals surface area contributed by atoms with Gasteiger partial charge in [0.2, 0.25) is 0 Å². The Morgan fingerprint density at radius 1 is 1.21 bits per heavy atom. The number of hydrogen-bond acceptors (Lipinski definition) is 7. The first kappa shape index (κ1) is 19.7. The predicted molar refractivity (Wildman–Crippen MR) is 109 cm³/mol. The number of ether oxygens (including phenoxy) is 2. The van der Waals surface area contributed by atoms with Crippen LogP contribution in [0.2, 0.25) is 0 Å². The highest BCUT2D eigenvalue weighted by atomic mass is 16.6. The summed E-state index contributed by atoms with van der Waals surface area (Å²) in [4.78, 5) is 22.0. The topological polar surface area (TPSA) is 90.6 Å². The lowest BCUT2D eigenvalue weighted by atomic mass is 10.1. The maximum atomic E-state index is 10.9. The lowest BCUT2D eigenvalue weighted by molar-refractivity contribution is -0.384. The average molecular weight is 398 g/mol. The van der Waals surface area contributed by atoms with E-state index in [9.17, 15) is 10.1 Å². The summed E-state index contributed by atoms with van der Waals surface area (Å²) < 4.78 is 11.5. The molecule has 0 bridgehead atoms. The summed E-state index contributed by atoms with van der Waals surface area (Å²) in [6.45, 7) is 6.20. The van der Waals surface area contributed by atoms with Crippen LogP contribution in [-0.2, 0) is 9.47 Å². The van der Waals surface area contributed by atoms with E-state index in [2.05, 4.69) is 9.88 Å². The van der Waals surface area contributed by atoms with Crippen molar-refractivity contribution in [2.75, 3.05) is 37.8 Å². The predicted octanol–water partition coefficient (Wildman–Crippen LogP) is 3.38. The van der Waals surface area contributed by atoms with Crippen LogP contribution in [0.5, 0.6) is 0 Å². The Kier molecular flexibility index (Phi) is 6.01. The number of nitro benzene ring substituents is 1. The van der Waals surface area contributed by atoms with Crippen LogP contribution < -0.4 is 4.90 Å². The fourth-order valence-electron chi connectivity index (χ4n) is 3.81. The van der Waals surface area contributed by atoms with E-state index in [0.717, 1.165) is 69.2 Å². The standard InChI is InChI=1S/C21H26N4O4/c1-15-12-20(23-21(22-15)17-2-4-18(5-3-17)25(26)27)24-9-6-19(7-10-24)29-14-16-8-11-28-13-16/h2-5,12,16,19H,6-11,13-14H2,1H3. The SMILES string of the molecule is Cc1cc(N2CCC(OCC3CCOC3)CC2)nc(-c2ccc([N+](=O)[O-])cc2)n1. The van der Waals surface area contributed by atoms with Gasteiger partial charge in [0.25, 0.3) is 5.69 Å². The number of piperidine rings is 1. The molecule has 2 fully saturated rings. The van der Waals surface area contributed by atoms with Gasteiger partial charge in [0.1, 0.15) is 5.82 Å². The van der Waals surface area contributed by atoms with Crippen molar-refractivity contribution in [3.05, 3.63) is 46.1 Å². The van der Waals surface area contributed by atoms with Crippen molar-refractivity contribution in [3.63, 3.8) is 0 Å². The summed E-state index contributed by atoms with van der Waals surface area (Å²) >= 11 is 0. The van der Waals surface area contributed by atoms with E-state index in [1.165, 1.54) is 12.1 Å². The molecular formula is C21H26N4O4. The first-order chi connectivity index (χ1) is 14.1. The van der Waals surface area contributed by atoms with Crippen LogP contribution in [0.25, 0.3) is 11.4 Å². The molecule has 1 aromatic carbocycles. The summed E-state index contributed by atoms with van der Waals surface area (Å²) in [6, 6.07) is 8.36. The molecule has 2 saturated heterocycles. The zero-order valence-electron chi connectivity index (χ0n) is 16.6. The van der Waals surface area contributed by atoms with Crippen molar-refractivity contribution >= 4 is 11.5 Å². The second-order valence-electron chi connectivity index (χ2n) is 7.74. The van der Waals surface area contributed by atoms with Gasteiger partial charge in [0, 0.05) is 55.1 Å². The van der Waals surface area contributed by atoms with Crippen LogP contribution in [0.15, 0.2) is 30.3 Å². The molecule has 2 aliphatic heterocycles.